The zero-order valence-electron chi connectivity index (χ0n) is 14.4. The molecule has 0 unspecified atom stereocenters. The number of halogens is 1. The number of esters is 1. The minimum absolute atomic E-state index is 0.0618. The summed E-state index contributed by atoms with van der Waals surface area (Å²) in [5.41, 5.74) is 0.505. The van der Waals surface area contributed by atoms with Crippen LogP contribution in [0.1, 0.15) is 33.6 Å². The molecule has 2 N–H and O–H groups in total. The van der Waals surface area contributed by atoms with Gasteiger partial charge in [-0.05, 0) is 44.5 Å². The Morgan fingerprint density at radius 3 is 2.36 bits per heavy atom. The normalized spacial score (nSPS) is 13.8. The van der Waals surface area contributed by atoms with Crippen molar-refractivity contribution in [2.24, 2.45) is 0 Å². The molecule has 7 nitrogen and oxygen atoms in total. The van der Waals surface area contributed by atoms with Crippen molar-refractivity contribution in [3.8, 4) is 0 Å². The quantitative estimate of drug-likeness (QED) is 0.630. The molecule has 0 saturated carbocycles. The zero-order chi connectivity index (χ0) is 19.0. The number of nitrogens with one attached hydrogen (secondary N) is 2. The number of ether oxygens (including phenoxy) is 1. The van der Waals surface area contributed by atoms with E-state index in [0.29, 0.717) is 17.1 Å². The van der Waals surface area contributed by atoms with E-state index in [0.717, 1.165) is 6.42 Å². The number of carbonyl (C=O) groups excluding carboxylic acids is 2. The minimum atomic E-state index is -3.56. The molecule has 1 aromatic carbocycles. The first-order valence-corrected chi connectivity index (χ1v) is 9.94. The first kappa shape index (κ1) is 21.4. The third-order valence-electron chi connectivity index (χ3n) is 3.25. The summed E-state index contributed by atoms with van der Waals surface area (Å²) in [4.78, 5) is 24.0. The zero-order valence-corrected chi connectivity index (χ0v) is 16.0. The van der Waals surface area contributed by atoms with Gasteiger partial charge in [0.25, 0.3) is 5.91 Å². The second-order valence-corrected chi connectivity index (χ2v) is 7.90. The van der Waals surface area contributed by atoms with Crippen molar-refractivity contribution in [3.05, 3.63) is 29.3 Å². The van der Waals surface area contributed by atoms with Gasteiger partial charge in [-0.25, -0.2) is 13.1 Å². The molecular formula is C16H23ClN2O5S. The number of carbonyl (C=O) groups is 2. The van der Waals surface area contributed by atoms with Crippen LogP contribution < -0.4 is 10.0 Å². The van der Waals surface area contributed by atoms with E-state index in [1.165, 1.54) is 13.8 Å². The van der Waals surface area contributed by atoms with Gasteiger partial charge >= 0.3 is 5.97 Å². The maximum absolute atomic E-state index is 12.0. The standard InChI is InChI=1S/C16H23ClN2O5S/c1-4-5-10-25(22,23)19-11(2)16(21)24-12(3)15(20)18-14-8-6-13(17)7-9-14/h6-9,11-12,19H,4-5,10H2,1-3H3,(H,18,20)/t11-,12-/m0/s1. The highest BCUT2D eigenvalue weighted by molar-refractivity contribution is 7.89. The predicted octanol–water partition coefficient (Wildman–Crippen LogP) is 2.32. The number of anilines is 1. The fourth-order valence-electron chi connectivity index (χ4n) is 1.82. The molecule has 0 bridgehead atoms. The van der Waals surface area contributed by atoms with Crippen LogP contribution in [-0.2, 0) is 24.3 Å². The smallest absolute Gasteiger partial charge is 0.324 e. The largest absolute Gasteiger partial charge is 0.451 e. The topological polar surface area (TPSA) is 102 Å². The second-order valence-electron chi connectivity index (χ2n) is 5.59. The number of hydrogen-bond donors (Lipinski definition) is 2. The Balaban J connectivity index is 2.54. The minimum Gasteiger partial charge on any atom is -0.451 e. The van der Waals surface area contributed by atoms with E-state index in [1.54, 1.807) is 24.3 Å². The van der Waals surface area contributed by atoms with E-state index < -0.39 is 34.0 Å². The molecule has 0 aliphatic rings. The van der Waals surface area contributed by atoms with E-state index in [9.17, 15) is 18.0 Å². The van der Waals surface area contributed by atoms with Crippen molar-refractivity contribution >= 4 is 39.2 Å². The molecule has 25 heavy (non-hydrogen) atoms. The summed E-state index contributed by atoms with van der Waals surface area (Å²) in [7, 11) is -3.56. The molecule has 0 aliphatic heterocycles. The molecule has 1 aromatic rings. The van der Waals surface area contributed by atoms with Crippen molar-refractivity contribution in [3.63, 3.8) is 0 Å². The maximum atomic E-state index is 12.0. The monoisotopic (exact) mass is 390 g/mol. The highest BCUT2D eigenvalue weighted by Gasteiger charge is 2.25. The SMILES string of the molecule is CCCCS(=O)(=O)N[C@@H](C)C(=O)O[C@@H](C)C(=O)Nc1ccc(Cl)cc1. The fraction of sp³-hybridized carbons (Fsp3) is 0.500. The first-order chi connectivity index (χ1) is 11.6. The maximum Gasteiger partial charge on any atom is 0.324 e. The molecule has 2 atom stereocenters. The summed E-state index contributed by atoms with van der Waals surface area (Å²) in [5, 5.41) is 3.11. The third kappa shape index (κ3) is 7.85. The molecule has 140 valence electrons. The molecule has 0 heterocycles. The van der Waals surface area contributed by atoms with E-state index in [2.05, 4.69) is 10.0 Å². The average molecular weight is 391 g/mol. The highest BCUT2D eigenvalue weighted by Crippen LogP contribution is 2.14. The van der Waals surface area contributed by atoms with Gasteiger partial charge in [0.05, 0.1) is 5.75 Å². The van der Waals surface area contributed by atoms with Gasteiger partial charge in [-0.3, -0.25) is 9.59 Å². The van der Waals surface area contributed by atoms with Crippen molar-refractivity contribution in [2.75, 3.05) is 11.1 Å². The Labute approximate surface area is 153 Å². The number of sulfonamides is 1. The molecule has 0 aromatic heterocycles. The summed E-state index contributed by atoms with van der Waals surface area (Å²) < 4.78 is 30.8. The van der Waals surface area contributed by atoms with Crippen molar-refractivity contribution < 1.29 is 22.7 Å². The van der Waals surface area contributed by atoms with E-state index in [-0.39, 0.29) is 5.75 Å². The lowest BCUT2D eigenvalue weighted by Crippen LogP contribution is -2.43. The van der Waals surface area contributed by atoms with Crippen LogP contribution in [0.2, 0.25) is 5.02 Å². The second kappa shape index (κ2) is 9.74. The molecule has 0 radical (unpaired) electrons. The molecule has 1 rings (SSSR count). The number of rotatable bonds is 9. The molecular weight excluding hydrogens is 368 g/mol. The van der Waals surface area contributed by atoms with Crippen LogP contribution in [0.3, 0.4) is 0 Å². The lowest BCUT2D eigenvalue weighted by molar-refractivity contribution is -0.154. The predicted molar refractivity (Wildman–Crippen MR) is 96.9 cm³/mol. The summed E-state index contributed by atoms with van der Waals surface area (Å²) in [6.45, 7) is 4.64. The molecule has 0 saturated heterocycles. The Morgan fingerprint density at radius 1 is 1.20 bits per heavy atom. The van der Waals surface area contributed by atoms with Crippen molar-refractivity contribution in [1.29, 1.82) is 0 Å². The van der Waals surface area contributed by atoms with Crippen LogP contribution in [-0.4, -0.2) is 38.2 Å². The summed E-state index contributed by atoms with van der Waals surface area (Å²) in [5.74, 6) is -1.41. The Bertz CT molecular complexity index is 691. The lowest BCUT2D eigenvalue weighted by Gasteiger charge is -2.17. The summed E-state index contributed by atoms with van der Waals surface area (Å²) in [6.07, 6.45) is 0.143. The first-order valence-electron chi connectivity index (χ1n) is 7.91. The van der Waals surface area contributed by atoms with Gasteiger partial charge in [0.2, 0.25) is 10.0 Å². The van der Waals surface area contributed by atoms with Crippen LogP contribution in [0.5, 0.6) is 0 Å². The Morgan fingerprint density at radius 2 is 1.80 bits per heavy atom. The molecule has 0 aliphatic carbocycles. The van der Waals surface area contributed by atoms with Crippen molar-refractivity contribution in [2.45, 2.75) is 45.8 Å². The van der Waals surface area contributed by atoms with E-state index in [1.807, 2.05) is 6.92 Å². The van der Waals surface area contributed by atoms with Gasteiger partial charge < -0.3 is 10.1 Å². The lowest BCUT2D eigenvalue weighted by atomic mass is 10.3. The fourth-order valence-corrected chi connectivity index (χ4v) is 3.37. The number of unbranched alkanes of at least 4 members (excludes halogenated alkanes) is 1. The number of hydrogen-bond acceptors (Lipinski definition) is 5. The van der Waals surface area contributed by atoms with Crippen LogP contribution in [0.15, 0.2) is 24.3 Å². The van der Waals surface area contributed by atoms with Crippen LogP contribution in [0.4, 0.5) is 5.69 Å². The Hall–Kier alpha value is -1.64. The number of amides is 1. The molecule has 0 fully saturated rings. The van der Waals surface area contributed by atoms with Crippen LogP contribution in [0, 0.1) is 0 Å². The van der Waals surface area contributed by atoms with E-state index >= 15 is 0 Å². The molecule has 1 amide bonds. The van der Waals surface area contributed by atoms with Gasteiger partial charge in [-0.1, -0.05) is 24.9 Å². The van der Waals surface area contributed by atoms with Gasteiger partial charge in [-0.2, -0.15) is 0 Å². The van der Waals surface area contributed by atoms with Gasteiger partial charge in [0.1, 0.15) is 6.04 Å². The Kier molecular flexibility index (Phi) is 8.34. The van der Waals surface area contributed by atoms with Gasteiger partial charge in [-0.15, -0.1) is 0 Å². The average Bonchev–Trinajstić information content (AvgIpc) is 2.54. The summed E-state index contributed by atoms with van der Waals surface area (Å²) in [6, 6.07) is 5.37. The number of benzene rings is 1. The molecule has 9 heteroatoms. The van der Waals surface area contributed by atoms with Crippen LogP contribution in [0.25, 0.3) is 0 Å². The van der Waals surface area contributed by atoms with Gasteiger partial charge in [0.15, 0.2) is 6.10 Å². The van der Waals surface area contributed by atoms with Gasteiger partial charge in [0, 0.05) is 10.7 Å². The molecule has 0 spiro atoms. The third-order valence-corrected chi connectivity index (χ3v) is 5.04. The highest BCUT2D eigenvalue weighted by atomic mass is 35.5. The summed E-state index contributed by atoms with van der Waals surface area (Å²) >= 11 is 5.76. The van der Waals surface area contributed by atoms with E-state index in [4.69, 9.17) is 16.3 Å². The van der Waals surface area contributed by atoms with Crippen molar-refractivity contribution in [1.82, 2.24) is 4.72 Å². The van der Waals surface area contributed by atoms with Crippen LogP contribution >= 0.6 is 11.6 Å².